The molecule has 0 spiro atoms. The molecule has 1 aromatic carbocycles. The molecule has 0 heterocycles. The summed E-state index contributed by atoms with van der Waals surface area (Å²) in [5.74, 6) is 0.753. The predicted octanol–water partition coefficient (Wildman–Crippen LogP) is 2.41. The lowest BCUT2D eigenvalue weighted by Crippen LogP contribution is -2.46. The van der Waals surface area contributed by atoms with Gasteiger partial charge in [0, 0.05) is 27.2 Å². The fourth-order valence-electron chi connectivity index (χ4n) is 1.60. The van der Waals surface area contributed by atoms with E-state index in [-0.39, 0.29) is 29.6 Å². The van der Waals surface area contributed by atoms with Gasteiger partial charge in [0.1, 0.15) is 0 Å². The number of methoxy groups -OCH3 is 1. The molecule has 0 saturated heterocycles. The number of ether oxygens (including phenoxy) is 2. The third-order valence-corrected chi connectivity index (χ3v) is 3.11. The molecular weight excluding hydrogens is 393 g/mol. The van der Waals surface area contributed by atoms with Crippen molar-refractivity contribution in [1.82, 2.24) is 10.6 Å². The van der Waals surface area contributed by atoms with E-state index in [9.17, 15) is 0 Å². The number of benzene rings is 1. The van der Waals surface area contributed by atoms with E-state index < -0.39 is 0 Å². The summed E-state index contributed by atoms with van der Waals surface area (Å²) < 4.78 is 11.0. The molecule has 0 unspecified atom stereocenters. The zero-order valence-electron chi connectivity index (χ0n) is 13.9. The number of aliphatic imine (C=N–C) groups is 1. The monoisotopic (exact) mass is 421 g/mol. The standard InChI is InChI=1S/C16H27N3O2.HI/c1-16(2,20-4)13-19-15(17-3)18-10-11-21-12-14-8-6-5-7-9-14;/h5-9H,10-13H2,1-4H3,(H2,17,18,19);1H. The van der Waals surface area contributed by atoms with Gasteiger partial charge in [-0.25, -0.2) is 0 Å². The van der Waals surface area contributed by atoms with Crippen molar-refractivity contribution in [3.05, 3.63) is 35.9 Å². The first-order chi connectivity index (χ1) is 10.1. The molecule has 0 fully saturated rings. The summed E-state index contributed by atoms with van der Waals surface area (Å²) in [6, 6.07) is 10.1. The lowest BCUT2D eigenvalue weighted by molar-refractivity contribution is 0.0268. The van der Waals surface area contributed by atoms with E-state index >= 15 is 0 Å². The van der Waals surface area contributed by atoms with Gasteiger partial charge in [-0.1, -0.05) is 30.3 Å². The van der Waals surface area contributed by atoms with Crippen molar-refractivity contribution in [3.8, 4) is 0 Å². The average molecular weight is 421 g/mol. The van der Waals surface area contributed by atoms with Crippen LogP contribution in [0.25, 0.3) is 0 Å². The fraction of sp³-hybridized carbons (Fsp3) is 0.562. The average Bonchev–Trinajstić information content (AvgIpc) is 2.51. The van der Waals surface area contributed by atoms with Gasteiger partial charge < -0.3 is 20.1 Å². The molecule has 1 rings (SSSR count). The summed E-state index contributed by atoms with van der Waals surface area (Å²) in [4.78, 5) is 4.16. The highest BCUT2D eigenvalue weighted by molar-refractivity contribution is 14.0. The molecule has 0 bridgehead atoms. The Labute approximate surface area is 150 Å². The first kappa shape index (κ1) is 21.1. The molecule has 1 aromatic rings. The number of halogens is 1. The minimum absolute atomic E-state index is 0. The molecular formula is C16H28IN3O2. The number of guanidine groups is 1. The Morgan fingerprint density at radius 3 is 2.45 bits per heavy atom. The molecule has 0 atom stereocenters. The van der Waals surface area contributed by atoms with Crippen LogP contribution in [0.2, 0.25) is 0 Å². The summed E-state index contributed by atoms with van der Waals surface area (Å²) in [5, 5.41) is 6.44. The van der Waals surface area contributed by atoms with E-state index in [1.54, 1.807) is 14.2 Å². The lowest BCUT2D eigenvalue weighted by atomic mass is 10.1. The SMILES string of the molecule is CN=C(NCCOCc1ccccc1)NCC(C)(C)OC.I. The Balaban J connectivity index is 0.00000441. The molecule has 5 nitrogen and oxygen atoms in total. The first-order valence-corrected chi connectivity index (χ1v) is 7.19. The van der Waals surface area contributed by atoms with Crippen molar-refractivity contribution < 1.29 is 9.47 Å². The van der Waals surface area contributed by atoms with Crippen LogP contribution in [0.15, 0.2) is 35.3 Å². The molecule has 0 aliphatic rings. The smallest absolute Gasteiger partial charge is 0.191 e. The summed E-state index contributed by atoms with van der Waals surface area (Å²) in [7, 11) is 3.45. The minimum Gasteiger partial charge on any atom is -0.377 e. The zero-order valence-corrected chi connectivity index (χ0v) is 16.2. The van der Waals surface area contributed by atoms with Crippen molar-refractivity contribution in [2.24, 2.45) is 4.99 Å². The van der Waals surface area contributed by atoms with Gasteiger partial charge in [0.2, 0.25) is 0 Å². The summed E-state index contributed by atoms with van der Waals surface area (Å²) in [6.45, 7) is 6.70. The van der Waals surface area contributed by atoms with Gasteiger partial charge in [0.25, 0.3) is 0 Å². The van der Waals surface area contributed by atoms with E-state index in [1.807, 2.05) is 32.0 Å². The topological polar surface area (TPSA) is 54.9 Å². The third kappa shape index (κ3) is 9.22. The molecule has 0 radical (unpaired) electrons. The minimum atomic E-state index is -0.221. The van der Waals surface area contributed by atoms with Gasteiger partial charge in [-0.2, -0.15) is 0 Å². The molecule has 22 heavy (non-hydrogen) atoms. The van der Waals surface area contributed by atoms with E-state index in [0.717, 1.165) is 5.96 Å². The highest BCUT2D eigenvalue weighted by Gasteiger charge is 2.16. The first-order valence-electron chi connectivity index (χ1n) is 7.19. The highest BCUT2D eigenvalue weighted by atomic mass is 127. The van der Waals surface area contributed by atoms with Crippen molar-refractivity contribution in [3.63, 3.8) is 0 Å². The molecule has 0 aliphatic heterocycles. The second-order valence-electron chi connectivity index (χ2n) is 5.35. The van der Waals surface area contributed by atoms with Gasteiger partial charge in [-0.15, -0.1) is 24.0 Å². The van der Waals surface area contributed by atoms with Crippen molar-refractivity contribution in [2.75, 3.05) is 33.9 Å². The zero-order chi connectivity index (χ0) is 15.6. The Hall–Kier alpha value is -0.860. The maximum absolute atomic E-state index is 5.61. The van der Waals surface area contributed by atoms with Crippen LogP contribution >= 0.6 is 24.0 Å². The molecule has 0 aromatic heterocycles. The molecule has 126 valence electrons. The molecule has 0 aliphatic carbocycles. The molecule has 0 saturated carbocycles. The Bertz CT molecular complexity index is 425. The Morgan fingerprint density at radius 2 is 1.86 bits per heavy atom. The van der Waals surface area contributed by atoms with Crippen LogP contribution in [0, 0.1) is 0 Å². The number of hydrogen-bond acceptors (Lipinski definition) is 3. The van der Waals surface area contributed by atoms with E-state index in [1.165, 1.54) is 5.56 Å². The van der Waals surface area contributed by atoms with Gasteiger partial charge in [-0.05, 0) is 19.4 Å². The third-order valence-electron chi connectivity index (χ3n) is 3.11. The van der Waals surface area contributed by atoms with Gasteiger partial charge in [0.15, 0.2) is 5.96 Å². The van der Waals surface area contributed by atoms with Crippen molar-refractivity contribution in [1.29, 1.82) is 0 Å². The largest absolute Gasteiger partial charge is 0.377 e. The van der Waals surface area contributed by atoms with Crippen molar-refractivity contribution >= 4 is 29.9 Å². The Kier molecular flexibility index (Phi) is 11.2. The van der Waals surface area contributed by atoms with Crippen LogP contribution < -0.4 is 10.6 Å². The van der Waals surface area contributed by atoms with Crippen LogP contribution in [0.5, 0.6) is 0 Å². The number of nitrogens with one attached hydrogen (secondary N) is 2. The van der Waals surface area contributed by atoms with E-state index in [0.29, 0.717) is 26.3 Å². The molecule has 2 N–H and O–H groups in total. The van der Waals surface area contributed by atoms with Crippen LogP contribution in [0.3, 0.4) is 0 Å². The lowest BCUT2D eigenvalue weighted by Gasteiger charge is -2.24. The van der Waals surface area contributed by atoms with Crippen molar-refractivity contribution in [2.45, 2.75) is 26.1 Å². The highest BCUT2D eigenvalue weighted by Crippen LogP contribution is 2.04. The van der Waals surface area contributed by atoms with Gasteiger partial charge >= 0.3 is 0 Å². The van der Waals surface area contributed by atoms with Gasteiger partial charge in [0.05, 0.1) is 18.8 Å². The Morgan fingerprint density at radius 1 is 1.18 bits per heavy atom. The van der Waals surface area contributed by atoms with Gasteiger partial charge in [-0.3, -0.25) is 4.99 Å². The normalized spacial score (nSPS) is 11.7. The predicted molar refractivity (Wildman–Crippen MR) is 102 cm³/mol. The fourth-order valence-corrected chi connectivity index (χ4v) is 1.60. The van der Waals surface area contributed by atoms with Crippen LogP contribution in [-0.4, -0.2) is 45.4 Å². The summed E-state index contributed by atoms with van der Waals surface area (Å²) in [5.41, 5.74) is 0.961. The second-order valence-corrected chi connectivity index (χ2v) is 5.35. The van der Waals surface area contributed by atoms with Crippen LogP contribution in [0.1, 0.15) is 19.4 Å². The number of hydrogen-bond donors (Lipinski definition) is 2. The van der Waals surface area contributed by atoms with E-state index in [4.69, 9.17) is 9.47 Å². The van der Waals surface area contributed by atoms with Crippen LogP contribution in [0.4, 0.5) is 0 Å². The molecule has 0 amide bonds. The number of rotatable bonds is 8. The number of nitrogens with zero attached hydrogens (tertiary/aromatic N) is 1. The summed E-state index contributed by atoms with van der Waals surface area (Å²) >= 11 is 0. The molecule has 6 heteroatoms. The maximum Gasteiger partial charge on any atom is 0.191 e. The van der Waals surface area contributed by atoms with Crippen LogP contribution in [-0.2, 0) is 16.1 Å². The summed E-state index contributed by atoms with van der Waals surface area (Å²) in [6.07, 6.45) is 0. The second kappa shape index (κ2) is 11.7. The maximum atomic E-state index is 5.61. The quantitative estimate of drug-likeness (QED) is 0.293. The van der Waals surface area contributed by atoms with E-state index in [2.05, 4.69) is 27.8 Å².